The summed E-state index contributed by atoms with van der Waals surface area (Å²) in [5, 5.41) is 0.197. The van der Waals surface area contributed by atoms with E-state index in [1.54, 1.807) is 17.0 Å². The first-order valence-corrected chi connectivity index (χ1v) is 10.3. The first kappa shape index (κ1) is 19.8. The first-order valence-electron chi connectivity index (χ1n) is 8.47. The number of carbonyl (C=O) groups is 1. The molecule has 1 saturated carbocycles. The molecule has 2 aromatic rings. The number of benzene rings is 2. The van der Waals surface area contributed by atoms with Gasteiger partial charge in [-0.05, 0) is 48.7 Å². The van der Waals surface area contributed by atoms with Gasteiger partial charge in [-0.1, -0.05) is 23.7 Å². The highest BCUT2D eigenvalue weighted by Gasteiger charge is 2.34. The summed E-state index contributed by atoms with van der Waals surface area (Å²) in [6.07, 6.45) is 1.75. The highest BCUT2D eigenvalue weighted by molar-refractivity contribution is 7.89. The predicted molar refractivity (Wildman–Crippen MR) is 102 cm³/mol. The third kappa shape index (κ3) is 4.31. The Labute approximate surface area is 163 Å². The molecule has 1 aliphatic carbocycles. The summed E-state index contributed by atoms with van der Waals surface area (Å²) in [5.74, 6) is -0.671. The lowest BCUT2D eigenvalue weighted by atomic mass is 10.1. The van der Waals surface area contributed by atoms with Crippen LogP contribution >= 0.6 is 11.6 Å². The molecule has 0 N–H and O–H groups in total. The van der Waals surface area contributed by atoms with Gasteiger partial charge in [-0.25, -0.2) is 17.1 Å². The maximum absolute atomic E-state index is 13.1. The summed E-state index contributed by atoms with van der Waals surface area (Å²) in [6.45, 7) is 0.310. The highest BCUT2D eigenvalue weighted by atomic mass is 35.5. The van der Waals surface area contributed by atoms with Gasteiger partial charge in [0.2, 0.25) is 10.0 Å². The van der Waals surface area contributed by atoms with Gasteiger partial charge >= 0.3 is 0 Å². The average molecular weight is 411 g/mol. The zero-order chi connectivity index (χ0) is 19.8. The van der Waals surface area contributed by atoms with Gasteiger partial charge in [0.05, 0.1) is 15.5 Å². The number of amides is 1. The topological polar surface area (TPSA) is 57.7 Å². The third-order valence-electron chi connectivity index (χ3n) is 4.46. The first-order chi connectivity index (χ1) is 12.7. The van der Waals surface area contributed by atoms with Crippen LogP contribution in [-0.4, -0.2) is 43.7 Å². The van der Waals surface area contributed by atoms with Crippen molar-refractivity contribution in [1.29, 1.82) is 0 Å². The minimum Gasteiger partial charge on any atom is -0.331 e. The Kier molecular flexibility index (Phi) is 5.55. The molecule has 1 aliphatic rings. The van der Waals surface area contributed by atoms with Gasteiger partial charge in [0.1, 0.15) is 5.82 Å². The maximum atomic E-state index is 13.1. The monoisotopic (exact) mass is 410 g/mol. The van der Waals surface area contributed by atoms with Crippen LogP contribution in [0.25, 0.3) is 0 Å². The van der Waals surface area contributed by atoms with Gasteiger partial charge in [0.25, 0.3) is 5.91 Å². The van der Waals surface area contributed by atoms with Crippen LogP contribution in [0.1, 0.15) is 28.8 Å². The normalized spacial score (nSPS) is 14.4. The van der Waals surface area contributed by atoms with Crippen LogP contribution in [0.3, 0.4) is 0 Å². The van der Waals surface area contributed by atoms with E-state index >= 15 is 0 Å². The predicted octanol–water partition coefficient (Wildman–Crippen LogP) is 3.53. The Hall–Kier alpha value is -1.96. The molecule has 5 nitrogen and oxygen atoms in total. The molecule has 1 amide bonds. The standard InChI is InChI=1S/C19H20ClFN2O3S/c1-22(2)27(25,26)16-9-10-18(20)17(11-16)19(24)23(15-7-8-15)12-13-3-5-14(21)6-4-13/h3-6,9-11,15H,7-8,12H2,1-2H3. The fraction of sp³-hybridized carbons (Fsp3) is 0.316. The van der Waals surface area contributed by atoms with Crippen LogP contribution in [0.15, 0.2) is 47.4 Å². The second kappa shape index (κ2) is 7.58. The van der Waals surface area contributed by atoms with Gasteiger partial charge in [-0.2, -0.15) is 0 Å². The Morgan fingerprint density at radius 3 is 2.33 bits per heavy atom. The van der Waals surface area contributed by atoms with Crippen molar-refractivity contribution in [1.82, 2.24) is 9.21 Å². The van der Waals surface area contributed by atoms with E-state index in [1.807, 2.05) is 0 Å². The molecule has 0 heterocycles. The van der Waals surface area contributed by atoms with E-state index in [1.165, 1.54) is 44.4 Å². The van der Waals surface area contributed by atoms with Crippen molar-refractivity contribution in [2.75, 3.05) is 14.1 Å². The van der Waals surface area contributed by atoms with E-state index < -0.39 is 10.0 Å². The average Bonchev–Trinajstić information content (AvgIpc) is 3.45. The van der Waals surface area contributed by atoms with Crippen LogP contribution in [-0.2, 0) is 16.6 Å². The Morgan fingerprint density at radius 2 is 1.78 bits per heavy atom. The summed E-state index contributed by atoms with van der Waals surface area (Å²) >= 11 is 6.21. The zero-order valence-electron chi connectivity index (χ0n) is 15.0. The molecule has 0 spiro atoms. The molecule has 0 saturated heterocycles. The second-order valence-corrected chi connectivity index (χ2v) is 9.28. The number of carbonyl (C=O) groups excluding carboxylic acids is 1. The highest BCUT2D eigenvalue weighted by Crippen LogP contribution is 2.32. The molecule has 0 aromatic heterocycles. The van der Waals surface area contributed by atoms with Crippen molar-refractivity contribution in [2.24, 2.45) is 0 Å². The van der Waals surface area contributed by atoms with Crippen molar-refractivity contribution in [3.05, 3.63) is 64.4 Å². The number of rotatable bonds is 6. The molecule has 0 unspecified atom stereocenters. The number of hydrogen-bond acceptors (Lipinski definition) is 3. The van der Waals surface area contributed by atoms with E-state index in [2.05, 4.69) is 0 Å². The molecular weight excluding hydrogens is 391 g/mol. The van der Waals surface area contributed by atoms with Crippen molar-refractivity contribution in [2.45, 2.75) is 30.3 Å². The maximum Gasteiger partial charge on any atom is 0.255 e. The lowest BCUT2D eigenvalue weighted by molar-refractivity contribution is 0.0730. The summed E-state index contributed by atoms with van der Waals surface area (Å²) in [6, 6.07) is 10.2. The van der Waals surface area contributed by atoms with Crippen molar-refractivity contribution >= 4 is 27.5 Å². The van der Waals surface area contributed by atoms with Crippen molar-refractivity contribution < 1.29 is 17.6 Å². The smallest absolute Gasteiger partial charge is 0.255 e. The van der Waals surface area contributed by atoms with E-state index in [4.69, 9.17) is 11.6 Å². The van der Waals surface area contributed by atoms with Gasteiger partial charge in [-0.15, -0.1) is 0 Å². The Balaban J connectivity index is 1.93. The van der Waals surface area contributed by atoms with Crippen molar-refractivity contribution in [3.8, 4) is 0 Å². The van der Waals surface area contributed by atoms with Crippen LogP contribution in [0.4, 0.5) is 4.39 Å². The van der Waals surface area contributed by atoms with E-state index in [9.17, 15) is 17.6 Å². The molecule has 3 rings (SSSR count). The minimum atomic E-state index is -3.68. The van der Waals surface area contributed by atoms with E-state index in [0.717, 1.165) is 22.7 Å². The molecule has 8 heteroatoms. The van der Waals surface area contributed by atoms with Gasteiger partial charge in [0, 0.05) is 26.7 Å². The van der Waals surface area contributed by atoms with Crippen molar-refractivity contribution in [3.63, 3.8) is 0 Å². The van der Waals surface area contributed by atoms with E-state index in [0.29, 0.717) is 6.54 Å². The lowest BCUT2D eigenvalue weighted by Crippen LogP contribution is -2.33. The van der Waals surface area contributed by atoms with Crippen LogP contribution < -0.4 is 0 Å². The molecule has 0 bridgehead atoms. The summed E-state index contributed by atoms with van der Waals surface area (Å²) in [7, 11) is -0.827. The fourth-order valence-corrected chi connectivity index (χ4v) is 3.86. The number of sulfonamides is 1. The molecule has 2 aromatic carbocycles. The molecule has 27 heavy (non-hydrogen) atoms. The lowest BCUT2D eigenvalue weighted by Gasteiger charge is -2.23. The Bertz CT molecular complexity index is 957. The third-order valence-corrected chi connectivity index (χ3v) is 6.60. The number of halogens is 2. The van der Waals surface area contributed by atoms with Crippen LogP contribution in [0.5, 0.6) is 0 Å². The SMILES string of the molecule is CN(C)S(=O)(=O)c1ccc(Cl)c(C(=O)N(Cc2ccc(F)cc2)C2CC2)c1. The molecule has 0 atom stereocenters. The fourth-order valence-electron chi connectivity index (χ4n) is 2.73. The number of hydrogen-bond donors (Lipinski definition) is 0. The largest absolute Gasteiger partial charge is 0.331 e. The summed E-state index contributed by atoms with van der Waals surface area (Å²) in [5.41, 5.74) is 0.943. The molecule has 0 radical (unpaired) electrons. The molecule has 1 fully saturated rings. The second-order valence-electron chi connectivity index (χ2n) is 6.72. The molecular formula is C19H20ClFN2O3S. The number of nitrogens with zero attached hydrogens (tertiary/aromatic N) is 2. The Morgan fingerprint density at radius 1 is 1.15 bits per heavy atom. The zero-order valence-corrected chi connectivity index (χ0v) is 16.6. The molecule has 144 valence electrons. The summed E-state index contributed by atoms with van der Waals surface area (Å²) < 4.78 is 39.0. The van der Waals surface area contributed by atoms with Gasteiger partial charge < -0.3 is 4.90 Å². The van der Waals surface area contributed by atoms with Crippen LogP contribution in [0.2, 0.25) is 5.02 Å². The molecule has 0 aliphatic heterocycles. The minimum absolute atomic E-state index is 0.0118. The quantitative estimate of drug-likeness (QED) is 0.732. The van der Waals surface area contributed by atoms with Crippen LogP contribution in [0, 0.1) is 5.82 Å². The van der Waals surface area contributed by atoms with Gasteiger partial charge in [-0.3, -0.25) is 4.79 Å². The van der Waals surface area contributed by atoms with Gasteiger partial charge in [0.15, 0.2) is 0 Å². The van der Waals surface area contributed by atoms with E-state index in [-0.39, 0.29) is 33.2 Å². The summed E-state index contributed by atoms with van der Waals surface area (Å²) in [4.78, 5) is 14.8.